The smallest absolute Gasteiger partial charge is 0.330 e. The van der Waals surface area contributed by atoms with Crippen LogP contribution in [0.5, 0.6) is 0 Å². The van der Waals surface area contributed by atoms with Crippen LogP contribution in [0.4, 0.5) is 0 Å². The Morgan fingerprint density at radius 2 is 1.76 bits per heavy atom. The normalized spacial score (nSPS) is 21.3. The summed E-state index contributed by atoms with van der Waals surface area (Å²) in [5.74, 6) is 0.270. The maximum absolute atomic E-state index is 11.0. The van der Waals surface area contributed by atoms with Crippen molar-refractivity contribution in [1.29, 1.82) is 0 Å². The van der Waals surface area contributed by atoms with Gasteiger partial charge in [0.2, 0.25) is 0 Å². The molecule has 0 aromatic rings. The molecular formula is C15H26O2. The number of carboxylic acid groups (broad SMARTS) is 1. The van der Waals surface area contributed by atoms with Crippen molar-refractivity contribution >= 4 is 5.97 Å². The average Bonchev–Trinajstić information content (AvgIpc) is 2.25. The van der Waals surface area contributed by atoms with E-state index in [4.69, 9.17) is 5.11 Å². The van der Waals surface area contributed by atoms with Crippen LogP contribution in [-0.2, 0) is 4.79 Å². The lowest BCUT2D eigenvalue weighted by molar-refractivity contribution is -0.132. The van der Waals surface area contributed by atoms with E-state index < -0.39 is 5.97 Å². The first kappa shape index (κ1) is 14.3. The Kier molecular flexibility index (Phi) is 4.79. The van der Waals surface area contributed by atoms with E-state index in [1.807, 2.05) is 6.08 Å². The first-order chi connectivity index (χ1) is 7.82. The lowest BCUT2D eigenvalue weighted by atomic mass is 9.68. The fraction of sp³-hybridized carbons (Fsp3) is 0.800. The first-order valence-electron chi connectivity index (χ1n) is 6.74. The molecule has 0 spiro atoms. The van der Waals surface area contributed by atoms with Crippen molar-refractivity contribution in [3.05, 3.63) is 11.6 Å². The van der Waals surface area contributed by atoms with Gasteiger partial charge in [-0.3, -0.25) is 0 Å². The number of carbonyl (C=O) groups is 1. The van der Waals surface area contributed by atoms with Crippen LogP contribution in [-0.4, -0.2) is 11.1 Å². The van der Waals surface area contributed by atoms with E-state index in [0.717, 1.165) is 0 Å². The van der Waals surface area contributed by atoms with Crippen LogP contribution in [0.25, 0.3) is 0 Å². The quantitative estimate of drug-likeness (QED) is 0.746. The van der Waals surface area contributed by atoms with Crippen LogP contribution in [0.15, 0.2) is 11.6 Å². The molecule has 17 heavy (non-hydrogen) atoms. The fourth-order valence-electron chi connectivity index (χ4n) is 2.93. The minimum atomic E-state index is -0.782. The van der Waals surface area contributed by atoms with Crippen molar-refractivity contribution in [1.82, 2.24) is 0 Å². The Hall–Kier alpha value is -0.790. The van der Waals surface area contributed by atoms with Gasteiger partial charge in [0.25, 0.3) is 0 Å². The van der Waals surface area contributed by atoms with Gasteiger partial charge in [-0.1, -0.05) is 46.1 Å². The summed E-state index contributed by atoms with van der Waals surface area (Å²) >= 11 is 0. The van der Waals surface area contributed by atoms with Gasteiger partial charge in [0.15, 0.2) is 0 Å². The minimum Gasteiger partial charge on any atom is -0.478 e. The summed E-state index contributed by atoms with van der Waals surface area (Å²) in [4.78, 5) is 11.0. The zero-order valence-electron chi connectivity index (χ0n) is 11.6. The standard InChI is InChI=1S/C15H26O2/c1-11(14(16)17)10-13(15(2,3)4)12-8-6-5-7-9-12/h10,12-13H,5-9H2,1-4H3,(H,16,17). The van der Waals surface area contributed by atoms with Crippen LogP contribution in [0.3, 0.4) is 0 Å². The van der Waals surface area contributed by atoms with Gasteiger partial charge < -0.3 is 5.11 Å². The molecular weight excluding hydrogens is 212 g/mol. The third-order valence-corrected chi connectivity index (χ3v) is 3.92. The molecule has 0 saturated heterocycles. The second-order valence-electron chi connectivity index (χ2n) is 6.44. The Morgan fingerprint density at radius 3 is 2.18 bits per heavy atom. The number of rotatable bonds is 3. The largest absolute Gasteiger partial charge is 0.478 e. The Morgan fingerprint density at radius 1 is 1.24 bits per heavy atom. The molecule has 1 aliphatic rings. The van der Waals surface area contributed by atoms with Gasteiger partial charge >= 0.3 is 5.97 Å². The number of aliphatic carboxylic acids is 1. The van der Waals surface area contributed by atoms with Crippen LogP contribution in [0, 0.1) is 17.3 Å². The van der Waals surface area contributed by atoms with E-state index >= 15 is 0 Å². The van der Waals surface area contributed by atoms with Gasteiger partial charge in [0.1, 0.15) is 0 Å². The fourth-order valence-corrected chi connectivity index (χ4v) is 2.93. The molecule has 1 fully saturated rings. The van der Waals surface area contributed by atoms with E-state index in [2.05, 4.69) is 20.8 Å². The summed E-state index contributed by atoms with van der Waals surface area (Å²) in [6.07, 6.45) is 8.46. The maximum Gasteiger partial charge on any atom is 0.330 e. The second-order valence-corrected chi connectivity index (χ2v) is 6.44. The Bertz CT molecular complexity index is 291. The highest BCUT2D eigenvalue weighted by Crippen LogP contribution is 2.41. The molecule has 0 bridgehead atoms. The van der Waals surface area contributed by atoms with Crippen molar-refractivity contribution in [2.75, 3.05) is 0 Å². The van der Waals surface area contributed by atoms with Gasteiger partial charge in [-0.05, 0) is 37.0 Å². The van der Waals surface area contributed by atoms with E-state index in [9.17, 15) is 4.79 Å². The summed E-state index contributed by atoms with van der Waals surface area (Å²) in [6.45, 7) is 8.37. The third-order valence-electron chi connectivity index (χ3n) is 3.92. The number of hydrogen-bond acceptors (Lipinski definition) is 1. The van der Waals surface area contributed by atoms with E-state index in [1.54, 1.807) is 6.92 Å². The van der Waals surface area contributed by atoms with E-state index in [1.165, 1.54) is 32.1 Å². The molecule has 0 heterocycles. The third kappa shape index (κ3) is 4.18. The molecule has 0 amide bonds. The predicted octanol–water partition coefficient (Wildman–Crippen LogP) is 4.26. The molecule has 2 nitrogen and oxygen atoms in total. The van der Waals surface area contributed by atoms with Crippen molar-refractivity contribution in [2.45, 2.75) is 59.8 Å². The molecule has 1 rings (SSSR count). The molecule has 0 aromatic heterocycles. The number of allylic oxidation sites excluding steroid dienone is 1. The summed E-state index contributed by atoms with van der Waals surface area (Å²) in [7, 11) is 0. The lowest BCUT2D eigenvalue weighted by Crippen LogP contribution is -2.29. The molecule has 0 aromatic carbocycles. The monoisotopic (exact) mass is 238 g/mol. The SMILES string of the molecule is CC(=CC(C1CCCCC1)C(C)(C)C)C(=O)O. The predicted molar refractivity (Wildman–Crippen MR) is 70.9 cm³/mol. The average molecular weight is 238 g/mol. The zero-order valence-corrected chi connectivity index (χ0v) is 11.6. The Balaban J connectivity index is 2.87. The summed E-state index contributed by atoms with van der Waals surface area (Å²) in [5.41, 5.74) is 0.647. The van der Waals surface area contributed by atoms with Gasteiger partial charge in [-0.2, -0.15) is 0 Å². The van der Waals surface area contributed by atoms with Crippen molar-refractivity contribution < 1.29 is 9.90 Å². The molecule has 0 aliphatic heterocycles. The van der Waals surface area contributed by atoms with Gasteiger partial charge in [0.05, 0.1) is 0 Å². The highest BCUT2D eigenvalue weighted by molar-refractivity contribution is 5.85. The Labute approximate surface area is 105 Å². The molecule has 2 heteroatoms. The lowest BCUT2D eigenvalue weighted by Gasteiger charge is -2.37. The van der Waals surface area contributed by atoms with E-state index in [-0.39, 0.29) is 5.41 Å². The molecule has 98 valence electrons. The van der Waals surface area contributed by atoms with Gasteiger partial charge in [-0.15, -0.1) is 0 Å². The zero-order chi connectivity index (χ0) is 13.1. The van der Waals surface area contributed by atoms with Crippen LogP contribution in [0.2, 0.25) is 0 Å². The van der Waals surface area contributed by atoms with Crippen molar-refractivity contribution in [2.24, 2.45) is 17.3 Å². The summed E-state index contributed by atoms with van der Waals surface area (Å²) < 4.78 is 0. The molecule has 1 saturated carbocycles. The van der Waals surface area contributed by atoms with Crippen LogP contribution >= 0.6 is 0 Å². The van der Waals surface area contributed by atoms with Crippen molar-refractivity contribution in [3.63, 3.8) is 0 Å². The van der Waals surface area contributed by atoms with Gasteiger partial charge in [0, 0.05) is 5.57 Å². The molecule has 0 radical (unpaired) electrons. The number of hydrogen-bond donors (Lipinski definition) is 1. The second kappa shape index (κ2) is 5.70. The van der Waals surface area contributed by atoms with Gasteiger partial charge in [-0.25, -0.2) is 4.79 Å². The van der Waals surface area contributed by atoms with Crippen molar-refractivity contribution in [3.8, 4) is 0 Å². The van der Waals surface area contributed by atoms with Crippen LogP contribution < -0.4 is 0 Å². The molecule has 1 aliphatic carbocycles. The summed E-state index contributed by atoms with van der Waals surface area (Å²) in [6, 6.07) is 0. The highest BCUT2D eigenvalue weighted by Gasteiger charge is 2.31. The molecule has 1 unspecified atom stereocenters. The maximum atomic E-state index is 11.0. The topological polar surface area (TPSA) is 37.3 Å². The molecule has 1 N–H and O–H groups in total. The number of carboxylic acids is 1. The van der Waals surface area contributed by atoms with E-state index in [0.29, 0.717) is 17.4 Å². The highest BCUT2D eigenvalue weighted by atomic mass is 16.4. The summed E-state index contributed by atoms with van der Waals surface area (Å²) in [5, 5.41) is 9.03. The van der Waals surface area contributed by atoms with Crippen LogP contribution in [0.1, 0.15) is 59.8 Å². The molecule has 1 atom stereocenters. The first-order valence-corrected chi connectivity index (χ1v) is 6.74. The minimum absolute atomic E-state index is 0.152.